The summed E-state index contributed by atoms with van der Waals surface area (Å²) in [6, 6.07) is 0.626. The molecule has 10 heavy (non-hydrogen) atoms. The molecule has 2 heteroatoms. The van der Waals surface area contributed by atoms with Gasteiger partial charge in [-0.1, -0.05) is 13.3 Å². The first kappa shape index (κ1) is 7.99. The molecule has 60 valence electrons. The summed E-state index contributed by atoms with van der Waals surface area (Å²) in [5.74, 6) is 0.826. The Kier molecular flexibility index (Phi) is 3.13. The van der Waals surface area contributed by atoms with Gasteiger partial charge in [0.25, 0.3) is 0 Å². The first-order valence-corrected chi connectivity index (χ1v) is 4.17. The van der Waals surface area contributed by atoms with E-state index in [4.69, 9.17) is 0 Å². The summed E-state index contributed by atoms with van der Waals surface area (Å²) in [6.45, 7) is 2.52. The number of halogens is 1. The van der Waals surface area contributed by atoms with Gasteiger partial charge in [0, 0.05) is 12.6 Å². The second-order valence-corrected chi connectivity index (χ2v) is 3.00. The molecule has 0 heterocycles. The molecule has 0 radical (unpaired) electrons. The number of hydrogen-bond acceptors (Lipinski definition) is 1. The van der Waals surface area contributed by atoms with E-state index in [0.717, 1.165) is 5.92 Å². The van der Waals surface area contributed by atoms with E-state index in [9.17, 15) is 4.39 Å². The highest BCUT2D eigenvalue weighted by Gasteiger charge is 2.27. The van der Waals surface area contributed by atoms with Crippen molar-refractivity contribution in [1.82, 2.24) is 5.32 Å². The van der Waals surface area contributed by atoms with Gasteiger partial charge >= 0.3 is 0 Å². The van der Waals surface area contributed by atoms with Gasteiger partial charge < -0.3 is 5.32 Å². The lowest BCUT2D eigenvalue weighted by molar-refractivity contribution is 0.200. The number of hydrogen-bond donors (Lipinski definition) is 1. The van der Waals surface area contributed by atoms with E-state index in [1.807, 2.05) is 0 Å². The Bertz CT molecular complexity index is 93.3. The minimum absolute atomic E-state index is 0.229. The Morgan fingerprint density at radius 1 is 1.50 bits per heavy atom. The average molecular weight is 145 g/mol. The summed E-state index contributed by atoms with van der Waals surface area (Å²) in [6.07, 6.45) is 3.82. The molecule has 1 N–H and O–H groups in total. The van der Waals surface area contributed by atoms with Crippen LogP contribution in [0.1, 0.15) is 26.2 Å². The SMILES string of the molecule is CCC1CCC1NCCF. The molecular weight excluding hydrogens is 129 g/mol. The molecule has 1 aliphatic carbocycles. The fourth-order valence-corrected chi connectivity index (χ4v) is 1.57. The Morgan fingerprint density at radius 2 is 2.30 bits per heavy atom. The van der Waals surface area contributed by atoms with E-state index >= 15 is 0 Å². The molecule has 1 fully saturated rings. The van der Waals surface area contributed by atoms with Crippen LogP contribution in [0.15, 0.2) is 0 Å². The summed E-state index contributed by atoms with van der Waals surface area (Å²) >= 11 is 0. The van der Waals surface area contributed by atoms with E-state index in [2.05, 4.69) is 12.2 Å². The molecular formula is C8H16FN. The average Bonchev–Trinajstić information content (AvgIpc) is 1.88. The lowest BCUT2D eigenvalue weighted by atomic mass is 9.78. The minimum atomic E-state index is -0.229. The largest absolute Gasteiger partial charge is 0.311 e. The molecule has 0 aromatic heterocycles. The molecule has 0 aliphatic heterocycles. The zero-order chi connectivity index (χ0) is 7.40. The van der Waals surface area contributed by atoms with Crippen molar-refractivity contribution in [3.8, 4) is 0 Å². The molecule has 1 saturated carbocycles. The van der Waals surface area contributed by atoms with Crippen LogP contribution in [0.2, 0.25) is 0 Å². The lowest BCUT2D eigenvalue weighted by Crippen LogP contribution is -2.44. The second kappa shape index (κ2) is 3.91. The highest BCUT2D eigenvalue weighted by molar-refractivity contribution is 4.85. The van der Waals surface area contributed by atoms with Gasteiger partial charge in [-0.3, -0.25) is 0 Å². The van der Waals surface area contributed by atoms with Crippen LogP contribution >= 0.6 is 0 Å². The number of alkyl halides is 1. The summed E-state index contributed by atoms with van der Waals surface area (Å²) < 4.78 is 11.7. The molecule has 2 unspecified atom stereocenters. The summed E-state index contributed by atoms with van der Waals surface area (Å²) in [5.41, 5.74) is 0. The lowest BCUT2D eigenvalue weighted by Gasteiger charge is -2.36. The Balaban J connectivity index is 2.05. The van der Waals surface area contributed by atoms with Crippen LogP contribution in [-0.4, -0.2) is 19.3 Å². The molecule has 0 saturated heterocycles. The van der Waals surface area contributed by atoms with Crippen LogP contribution in [0.4, 0.5) is 4.39 Å². The van der Waals surface area contributed by atoms with Crippen molar-refractivity contribution < 1.29 is 4.39 Å². The van der Waals surface area contributed by atoms with Crippen LogP contribution in [0.25, 0.3) is 0 Å². The predicted molar refractivity (Wildman–Crippen MR) is 40.8 cm³/mol. The van der Waals surface area contributed by atoms with Crippen molar-refractivity contribution >= 4 is 0 Å². The normalized spacial score (nSPS) is 31.8. The summed E-state index contributed by atoms with van der Waals surface area (Å²) in [5, 5.41) is 3.19. The maximum absolute atomic E-state index is 11.7. The Labute approximate surface area is 62.0 Å². The van der Waals surface area contributed by atoms with Crippen LogP contribution in [0, 0.1) is 5.92 Å². The maximum Gasteiger partial charge on any atom is 0.102 e. The molecule has 1 nitrogen and oxygen atoms in total. The molecule has 2 atom stereocenters. The highest BCUT2D eigenvalue weighted by Crippen LogP contribution is 2.29. The fraction of sp³-hybridized carbons (Fsp3) is 1.00. The molecule has 0 aromatic carbocycles. The van der Waals surface area contributed by atoms with E-state index in [1.54, 1.807) is 0 Å². The van der Waals surface area contributed by atoms with Crippen molar-refractivity contribution in [3.05, 3.63) is 0 Å². The number of rotatable bonds is 4. The molecule has 0 amide bonds. The number of nitrogens with one attached hydrogen (secondary N) is 1. The van der Waals surface area contributed by atoms with E-state index in [-0.39, 0.29) is 6.67 Å². The Morgan fingerprint density at radius 3 is 2.70 bits per heavy atom. The smallest absolute Gasteiger partial charge is 0.102 e. The third-order valence-corrected chi connectivity index (χ3v) is 2.44. The van der Waals surface area contributed by atoms with Crippen molar-refractivity contribution in [1.29, 1.82) is 0 Å². The van der Waals surface area contributed by atoms with Crippen LogP contribution in [0.3, 0.4) is 0 Å². The van der Waals surface area contributed by atoms with Crippen LogP contribution in [-0.2, 0) is 0 Å². The topological polar surface area (TPSA) is 12.0 Å². The Hall–Kier alpha value is -0.110. The van der Waals surface area contributed by atoms with Gasteiger partial charge in [0.15, 0.2) is 0 Å². The van der Waals surface area contributed by atoms with Gasteiger partial charge in [-0.15, -0.1) is 0 Å². The third-order valence-electron chi connectivity index (χ3n) is 2.44. The van der Waals surface area contributed by atoms with Gasteiger partial charge in [-0.2, -0.15) is 0 Å². The van der Waals surface area contributed by atoms with Gasteiger partial charge in [0.2, 0.25) is 0 Å². The molecule has 0 aromatic rings. The highest BCUT2D eigenvalue weighted by atomic mass is 19.1. The minimum Gasteiger partial charge on any atom is -0.311 e. The van der Waals surface area contributed by atoms with Crippen molar-refractivity contribution in [2.24, 2.45) is 5.92 Å². The van der Waals surface area contributed by atoms with Gasteiger partial charge in [0.05, 0.1) is 0 Å². The van der Waals surface area contributed by atoms with Crippen molar-refractivity contribution in [3.63, 3.8) is 0 Å². The first-order valence-electron chi connectivity index (χ1n) is 4.17. The zero-order valence-corrected chi connectivity index (χ0v) is 6.57. The van der Waals surface area contributed by atoms with E-state index in [1.165, 1.54) is 19.3 Å². The quantitative estimate of drug-likeness (QED) is 0.635. The molecule has 0 spiro atoms. The summed E-state index contributed by atoms with van der Waals surface area (Å²) in [7, 11) is 0. The monoisotopic (exact) mass is 145 g/mol. The maximum atomic E-state index is 11.7. The van der Waals surface area contributed by atoms with Crippen molar-refractivity contribution in [2.75, 3.05) is 13.2 Å². The molecule has 1 rings (SSSR count). The van der Waals surface area contributed by atoms with Crippen LogP contribution < -0.4 is 5.32 Å². The zero-order valence-electron chi connectivity index (χ0n) is 6.57. The van der Waals surface area contributed by atoms with Gasteiger partial charge in [0.1, 0.15) is 6.67 Å². The first-order chi connectivity index (χ1) is 4.88. The third kappa shape index (κ3) is 1.69. The fourth-order valence-electron chi connectivity index (χ4n) is 1.57. The molecule has 0 bridgehead atoms. The molecule has 1 aliphatic rings. The van der Waals surface area contributed by atoms with E-state index in [0.29, 0.717) is 12.6 Å². The predicted octanol–water partition coefficient (Wildman–Crippen LogP) is 1.73. The van der Waals surface area contributed by atoms with Gasteiger partial charge in [-0.25, -0.2) is 4.39 Å². The standard InChI is InChI=1S/C8H16FN/c1-2-7-3-4-8(7)10-6-5-9/h7-8,10H,2-6H2,1H3. The summed E-state index contributed by atoms with van der Waals surface area (Å²) in [4.78, 5) is 0. The van der Waals surface area contributed by atoms with E-state index < -0.39 is 0 Å². The van der Waals surface area contributed by atoms with Gasteiger partial charge in [-0.05, 0) is 18.8 Å². The van der Waals surface area contributed by atoms with Crippen molar-refractivity contribution in [2.45, 2.75) is 32.2 Å². The second-order valence-electron chi connectivity index (χ2n) is 3.00. The van der Waals surface area contributed by atoms with Crippen LogP contribution in [0.5, 0.6) is 0 Å².